The summed E-state index contributed by atoms with van der Waals surface area (Å²) in [7, 11) is 2.07. The number of carboxylic acids is 1. The van der Waals surface area contributed by atoms with Gasteiger partial charge in [0.25, 0.3) is 0 Å². The molecule has 194 valence electrons. The zero-order valence-electron chi connectivity index (χ0n) is 22.6. The van der Waals surface area contributed by atoms with E-state index in [2.05, 4.69) is 64.8 Å². The van der Waals surface area contributed by atoms with Crippen LogP contribution in [0.25, 0.3) is 11.3 Å². The molecule has 2 aliphatic rings. The smallest absolute Gasteiger partial charge is 0.341 e. The number of fused-ring (bicyclic) bond motifs is 1. The summed E-state index contributed by atoms with van der Waals surface area (Å²) in [6, 6.07) is 7.97. The van der Waals surface area contributed by atoms with E-state index in [9.17, 15) is 14.7 Å². The normalized spacial score (nSPS) is 21.8. The standard InChI is InChI=1S/C30H40N2O4/c1-19(2)27-20(13-14-21-11-7-8-15-36-21)10-9-12-22(27)28-24-16-25(33)23(29(34)35)17-32(24)26(18-31(28)6)30(3,4)5/h9-10,12,16-17,21,26H,7-8,11,13-15,18H2,1-6H3,(H,34,35)/b28-22-. The van der Waals surface area contributed by atoms with E-state index in [1.54, 1.807) is 6.20 Å². The third kappa shape index (κ3) is 5.15. The Hall–Kier alpha value is -2.86. The van der Waals surface area contributed by atoms with E-state index in [1.807, 2.05) is 4.57 Å². The number of hydrogen-bond donors (Lipinski definition) is 1. The van der Waals surface area contributed by atoms with Crippen molar-refractivity contribution in [1.29, 1.82) is 0 Å². The van der Waals surface area contributed by atoms with Crippen LogP contribution in [0.1, 0.15) is 88.0 Å². The van der Waals surface area contributed by atoms with Crippen molar-refractivity contribution in [2.24, 2.45) is 5.41 Å². The molecule has 2 aromatic rings. The summed E-state index contributed by atoms with van der Waals surface area (Å²) in [5, 5.41) is 12.0. The maximum absolute atomic E-state index is 12.9. The van der Waals surface area contributed by atoms with Gasteiger partial charge in [-0.15, -0.1) is 0 Å². The topological polar surface area (TPSA) is 71.8 Å². The van der Waals surface area contributed by atoms with Crippen LogP contribution in [-0.2, 0) is 11.2 Å². The van der Waals surface area contributed by atoms with Crippen molar-refractivity contribution in [3.8, 4) is 0 Å². The molecule has 0 amide bonds. The molecule has 1 aromatic heterocycles. The lowest BCUT2D eigenvalue weighted by atomic mass is 9.84. The second-order valence-corrected chi connectivity index (χ2v) is 11.6. The molecule has 1 N–H and O–H groups in total. The maximum Gasteiger partial charge on any atom is 0.341 e. The van der Waals surface area contributed by atoms with Gasteiger partial charge in [-0.2, -0.15) is 0 Å². The summed E-state index contributed by atoms with van der Waals surface area (Å²) in [6.45, 7) is 12.3. The molecule has 3 heterocycles. The molecule has 2 atom stereocenters. The van der Waals surface area contributed by atoms with E-state index in [-0.39, 0.29) is 17.0 Å². The molecule has 6 heteroatoms. The van der Waals surface area contributed by atoms with E-state index in [0.717, 1.165) is 55.4 Å². The number of aryl methyl sites for hydroxylation is 1. The van der Waals surface area contributed by atoms with Crippen molar-refractivity contribution < 1.29 is 14.6 Å². The first-order valence-corrected chi connectivity index (χ1v) is 13.1. The van der Waals surface area contributed by atoms with E-state index < -0.39 is 11.4 Å². The minimum atomic E-state index is -1.19. The van der Waals surface area contributed by atoms with E-state index in [0.29, 0.717) is 6.10 Å². The van der Waals surface area contributed by atoms with Crippen molar-refractivity contribution >= 4 is 17.2 Å². The second kappa shape index (κ2) is 10.3. The summed E-state index contributed by atoms with van der Waals surface area (Å²) < 4.78 is 8.02. The van der Waals surface area contributed by atoms with E-state index in [4.69, 9.17) is 4.74 Å². The number of likely N-dealkylation sites (N-methyl/N-ethyl adjacent to an activating group) is 1. The summed E-state index contributed by atoms with van der Waals surface area (Å²) in [5.74, 6) is -1.19. The first kappa shape index (κ1) is 26.2. The minimum Gasteiger partial charge on any atom is -0.477 e. The third-order valence-corrected chi connectivity index (χ3v) is 7.63. The molecule has 0 bridgehead atoms. The van der Waals surface area contributed by atoms with Crippen molar-refractivity contribution in [2.45, 2.75) is 78.9 Å². The van der Waals surface area contributed by atoms with Crippen LogP contribution in [0.15, 0.2) is 35.3 Å². The molecule has 0 radical (unpaired) electrons. The molecule has 2 unspecified atom stereocenters. The Morgan fingerprint density at radius 2 is 1.94 bits per heavy atom. The van der Waals surface area contributed by atoms with Gasteiger partial charge < -0.3 is 19.3 Å². The Balaban J connectivity index is 1.96. The number of ether oxygens (including phenoxy) is 1. The monoisotopic (exact) mass is 492 g/mol. The Morgan fingerprint density at radius 3 is 2.56 bits per heavy atom. The quantitative estimate of drug-likeness (QED) is 0.700. The molecule has 2 aliphatic heterocycles. The van der Waals surface area contributed by atoms with Crippen molar-refractivity contribution in [2.75, 3.05) is 20.2 Å². The van der Waals surface area contributed by atoms with Crippen LogP contribution < -0.4 is 15.9 Å². The van der Waals surface area contributed by atoms with Crippen molar-refractivity contribution in [3.63, 3.8) is 0 Å². The maximum atomic E-state index is 12.9. The molecule has 6 nitrogen and oxygen atoms in total. The SMILES string of the molecule is CC(C)=c1c(CCC2CCCCO2)ccc/c1=C1\c2cc(=O)c(C(=O)O)cn2C(C(C)(C)C)CN1C. The van der Waals surface area contributed by atoms with Crippen molar-refractivity contribution in [1.82, 2.24) is 9.47 Å². The van der Waals surface area contributed by atoms with Crippen LogP contribution >= 0.6 is 0 Å². The average molecular weight is 493 g/mol. The lowest BCUT2D eigenvalue weighted by Gasteiger charge is -2.43. The fourth-order valence-electron chi connectivity index (χ4n) is 5.77. The van der Waals surface area contributed by atoms with Gasteiger partial charge in [0, 0.05) is 37.7 Å². The Labute approximate surface area is 213 Å². The number of pyridine rings is 1. The van der Waals surface area contributed by atoms with Crippen LogP contribution in [0.3, 0.4) is 0 Å². The summed E-state index contributed by atoms with van der Waals surface area (Å²) in [5.41, 5.74) is 3.48. The Kier molecular flexibility index (Phi) is 7.46. The molecular weight excluding hydrogens is 452 g/mol. The van der Waals surface area contributed by atoms with Gasteiger partial charge in [-0.1, -0.05) is 44.5 Å². The van der Waals surface area contributed by atoms with Gasteiger partial charge in [0.1, 0.15) is 5.56 Å². The molecule has 0 saturated carbocycles. The molecule has 1 saturated heterocycles. The molecule has 1 fully saturated rings. The molecule has 36 heavy (non-hydrogen) atoms. The van der Waals surface area contributed by atoms with E-state index in [1.165, 1.54) is 28.8 Å². The fraction of sp³-hybridized carbons (Fsp3) is 0.533. The minimum absolute atomic E-state index is 0.0155. The number of carboxylic acid groups (broad SMARTS) is 1. The number of benzene rings is 1. The first-order valence-electron chi connectivity index (χ1n) is 13.1. The van der Waals surface area contributed by atoms with Crippen LogP contribution in [0.4, 0.5) is 0 Å². The zero-order valence-corrected chi connectivity index (χ0v) is 22.6. The summed E-state index contributed by atoms with van der Waals surface area (Å²) in [4.78, 5) is 27.0. The predicted octanol–water partition coefficient (Wildman–Crippen LogP) is 3.93. The van der Waals surface area contributed by atoms with Crippen LogP contribution in [0, 0.1) is 5.41 Å². The highest BCUT2D eigenvalue weighted by Gasteiger charge is 2.35. The highest BCUT2D eigenvalue weighted by Crippen LogP contribution is 2.37. The number of aromatic carboxylic acids is 1. The zero-order chi connectivity index (χ0) is 26.2. The molecule has 0 aliphatic carbocycles. The second-order valence-electron chi connectivity index (χ2n) is 11.6. The number of hydrogen-bond acceptors (Lipinski definition) is 4. The number of carbonyl (C=O) groups is 1. The highest BCUT2D eigenvalue weighted by molar-refractivity contribution is 5.87. The Morgan fingerprint density at radius 1 is 1.19 bits per heavy atom. The summed E-state index contributed by atoms with van der Waals surface area (Å²) in [6.07, 6.45) is 7.32. The van der Waals surface area contributed by atoms with Crippen molar-refractivity contribution in [3.05, 3.63) is 67.9 Å². The number of rotatable bonds is 4. The van der Waals surface area contributed by atoms with Gasteiger partial charge in [0.05, 0.1) is 23.5 Å². The predicted molar refractivity (Wildman–Crippen MR) is 144 cm³/mol. The van der Waals surface area contributed by atoms with Gasteiger partial charge in [-0.05, 0) is 62.1 Å². The van der Waals surface area contributed by atoms with Crippen LogP contribution in [-0.4, -0.2) is 46.8 Å². The lowest BCUT2D eigenvalue weighted by Crippen LogP contribution is -2.46. The molecule has 0 spiro atoms. The Bertz CT molecular complexity index is 1320. The fourth-order valence-corrected chi connectivity index (χ4v) is 5.77. The molecule has 4 rings (SSSR count). The van der Waals surface area contributed by atoms with E-state index >= 15 is 0 Å². The molecular formula is C30H40N2O4. The molecule has 1 aromatic carbocycles. The van der Waals surface area contributed by atoms with Gasteiger partial charge in [0.2, 0.25) is 0 Å². The largest absolute Gasteiger partial charge is 0.477 e. The lowest BCUT2D eigenvalue weighted by molar-refractivity contribution is 0.0115. The average Bonchev–Trinajstić information content (AvgIpc) is 2.81. The summed E-state index contributed by atoms with van der Waals surface area (Å²) >= 11 is 0. The third-order valence-electron chi connectivity index (χ3n) is 7.63. The van der Waals surface area contributed by atoms with Gasteiger partial charge >= 0.3 is 5.97 Å². The van der Waals surface area contributed by atoms with Gasteiger partial charge in [-0.25, -0.2) is 4.79 Å². The first-order chi connectivity index (χ1) is 17.0. The van der Waals surface area contributed by atoms with Gasteiger partial charge in [0.15, 0.2) is 5.43 Å². The highest BCUT2D eigenvalue weighted by atomic mass is 16.5. The number of aromatic nitrogens is 1. The number of nitrogens with zero attached hydrogens (tertiary/aromatic N) is 2. The van der Waals surface area contributed by atoms with Crippen LogP contribution in [0.2, 0.25) is 0 Å². The van der Waals surface area contributed by atoms with Crippen LogP contribution in [0.5, 0.6) is 0 Å². The van der Waals surface area contributed by atoms with Gasteiger partial charge in [-0.3, -0.25) is 4.79 Å².